The van der Waals surface area contributed by atoms with Crippen molar-refractivity contribution < 1.29 is 9.59 Å². The fourth-order valence-electron chi connectivity index (χ4n) is 2.50. The zero-order valence-corrected chi connectivity index (χ0v) is 9.45. The first-order chi connectivity index (χ1) is 7.68. The van der Waals surface area contributed by atoms with Gasteiger partial charge in [-0.2, -0.15) is 0 Å². The molecule has 0 radical (unpaired) electrons. The molecular weight excluding hydrogens is 206 g/mol. The molecular formula is C11H19N3O2. The SMILES string of the molecule is NC(=O)C1CCN(C(=O)[C@H]2CCCN2)CC1. The largest absolute Gasteiger partial charge is 0.369 e. The van der Waals surface area contributed by atoms with Crippen molar-refractivity contribution in [3.05, 3.63) is 0 Å². The Bertz CT molecular complexity index is 279. The van der Waals surface area contributed by atoms with Gasteiger partial charge in [-0.05, 0) is 32.2 Å². The highest BCUT2D eigenvalue weighted by Crippen LogP contribution is 2.18. The summed E-state index contributed by atoms with van der Waals surface area (Å²) in [6.07, 6.45) is 3.45. The normalized spacial score (nSPS) is 27.0. The Hall–Kier alpha value is -1.10. The standard InChI is InChI=1S/C11H19N3O2/c12-10(15)8-3-6-14(7-4-8)11(16)9-2-1-5-13-9/h8-9,13H,1-7H2,(H2,12,15)/t9-/m1/s1. The maximum absolute atomic E-state index is 12.0. The zero-order valence-electron chi connectivity index (χ0n) is 9.45. The highest BCUT2D eigenvalue weighted by molar-refractivity contribution is 5.83. The summed E-state index contributed by atoms with van der Waals surface area (Å²) < 4.78 is 0. The van der Waals surface area contributed by atoms with Crippen LogP contribution in [-0.4, -0.2) is 42.4 Å². The van der Waals surface area contributed by atoms with Crippen molar-refractivity contribution in [1.82, 2.24) is 10.2 Å². The molecule has 0 saturated carbocycles. The van der Waals surface area contributed by atoms with E-state index in [1.807, 2.05) is 4.90 Å². The summed E-state index contributed by atoms with van der Waals surface area (Å²) >= 11 is 0. The number of primary amides is 1. The van der Waals surface area contributed by atoms with Crippen LogP contribution in [0, 0.1) is 5.92 Å². The number of nitrogens with two attached hydrogens (primary N) is 1. The first-order valence-electron chi connectivity index (χ1n) is 6.00. The summed E-state index contributed by atoms with van der Waals surface area (Å²) in [6.45, 7) is 2.28. The van der Waals surface area contributed by atoms with Gasteiger partial charge in [0.2, 0.25) is 11.8 Å². The Morgan fingerprint density at radius 2 is 1.88 bits per heavy atom. The number of carbonyl (C=O) groups excluding carboxylic acids is 2. The van der Waals surface area contributed by atoms with Crippen molar-refractivity contribution in [2.24, 2.45) is 11.7 Å². The third kappa shape index (κ3) is 2.35. The molecule has 2 heterocycles. The van der Waals surface area contributed by atoms with Crippen LogP contribution in [-0.2, 0) is 9.59 Å². The third-order valence-corrected chi connectivity index (χ3v) is 3.57. The van der Waals surface area contributed by atoms with E-state index < -0.39 is 0 Å². The second kappa shape index (κ2) is 4.82. The molecule has 3 N–H and O–H groups in total. The van der Waals surface area contributed by atoms with Crippen LogP contribution in [0.25, 0.3) is 0 Å². The van der Waals surface area contributed by atoms with E-state index in [0.717, 1.165) is 19.4 Å². The van der Waals surface area contributed by atoms with Gasteiger partial charge >= 0.3 is 0 Å². The molecule has 0 aromatic heterocycles. The number of rotatable bonds is 2. The molecule has 5 heteroatoms. The number of likely N-dealkylation sites (tertiary alicyclic amines) is 1. The van der Waals surface area contributed by atoms with Crippen molar-refractivity contribution >= 4 is 11.8 Å². The lowest BCUT2D eigenvalue weighted by molar-refractivity contribution is -0.136. The summed E-state index contributed by atoms with van der Waals surface area (Å²) in [7, 11) is 0. The van der Waals surface area contributed by atoms with Crippen molar-refractivity contribution in [2.75, 3.05) is 19.6 Å². The Morgan fingerprint density at radius 1 is 1.19 bits per heavy atom. The quantitative estimate of drug-likeness (QED) is 0.663. The molecule has 0 aliphatic carbocycles. The smallest absolute Gasteiger partial charge is 0.239 e. The van der Waals surface area contributed by atoms with E-state index in [2.05, 4.69) is 5.32 Å². The third-order valence-electron chi connectivity index (χ3n) is 3.57. The molecule has 16 heavy (non-hydrogen) atoms. The number of nitrogens with one attached hydrogen (secondary N) is 1. The maximum atomic E-state index is 12.0. The lowest BCUT2D eigenvalue weighted by Crippen LogP contribution is -2.48. The lowest BCUT2D eigenvalue weighted by atomic mass is 9.96. The molecule has 2 saturated heterocycles. The van der Waals surface area contributed by atoms with Crippen molar-refractivity contribution in [2.45, 2.75) is 31.7 Å². The molecule has 0 unspecified atom stereocenters. The van der Waals surface area contributed by atoms with Crippen LogP contribution in [0.1, 0.15) is 25.7 Å². The Labute approximate surface area is 95.3 Å². The molecule has 2 amide bonds. The Balaban J connectivity index is 1.84. The van der Waals surface area contributed by atoms with Crippen molar-refractivity contribution in [1.29, 1.82) is 0 Å². The van der Waals surface area contributed by atoms with Crippen LogP contribution in [0.5, 0.6) is 0 Å². The van der Waals surface area contributed by atoms with Crippen LogP contribution in [0.4, 0.5) is 0 Å². The molecule has 5 nitrogen and oxygen atoms in total. The first kappa shape index (κ1) is 11.4. The van der Waals surface area contributed by atoms with E-state index in [0.29, 0.717) is 25.9 Å². The molecule has 0 spiro atoms. The summed E-state index contributed by atoms with van der Waals surface area (Å²) in [6, 6.07) is 0.00475. The van der Waals surface area contributed by atoms with Gasteiger partial charge in [0, 0.05) is 19.0 Å². The zero-order chi connectivity index (χ0) is 11.5. The summed E-state index contributed by atoms with van der Waals surface area (Å²) in [4.78, 5) is 24.9. The summed E-state index contributed by atoms with van der Waals surface area (Å²) in [5.41, 5.74) is 5.26. The van der Waals surface area contributed by atoms with E-state index >= 15 is 0 Å². The first-order valence-corrected chi connectivity index (χ1v) is 6.00. The van der Waals surface area contributed by atoms with Gasteiger partial charge in [-0.3, -0.25) is 9.59 Å². The molecule has 90 valence electrons. The van der Waals surface area contributed by atoms with Gasteiger partial charge < -0.3 is 16.0 Å². The molecule has 2 rings (SSSR count). The average molecular weight is 225 g/mol. The fourth-order valence-corrected chi connectivity index (χ4v) is 2.50. The van der Waals surface area contributed by atoms with Gasteiger partial charge in [0.25, 0.3) is 0 Å². The van der Waals surface area contributed by atoms with Crippen LogP contribution in [0.3, 0.4) is 0 Å². The minimum Gasteiger partial charge on any atom is -0.369 e. The summed E-state index contributed by atoms with van der Waals surface area (Å²) in [5, 5.41) is 3.20. The van der Waals surface area contributed by atoms with Gasteiger partial charge in [-0.15, -0.1) is 0 Å². The van der Waals surface area contributed by atoms with E-state index in [-0.39, 0.29) is 23.8 Å². The van der Waals surface area contributed by atoms with Crippen LogP contribution >= 0.6 is 0 Å². The van der Waals surface area contributed by atoms with Gasteiger partial charge in [0.05, 0.1) is 6.04 Å². The number of hydrogen-bond donors (Lipinski definition) is 2. The number of carbonyl (C=O) groups is 2. The topological polar surface area (TPSA) is 75.4 Å². The lowest BCUT2D eigenvalue weighted by Gasteiger charge is -2.32. The Morgan fingerprint density at radius 3 is 2.38 bits per heavy atom. The second-order valence-corrected chi connectivity index (χ2v) is 4.65. The van der Waals surface area contributed by atoms with Crippen molar-refractivity contribution in [3.63, 3.8) is 0 Å². The van der Waals surface area contributed by atoms with E-state index in [4.69, 9.17) is 5.73 Å². The molecule has 2 fully saturated rings. The molecule has 2 aliphatic rings. The minimum absolute atomic E-state index is 0.00475. The van der Waals surface area contributed by atoms with E-state index in [9.17, 15) is 9.59 Å². The maximum Gasteiger partial charge on any atom is 0.239 e. The fraction of sp³-hybridized carbons (Fsp3) is 0.818. The van der Waals surface area contributed by atoms with E-state index in [1.54, 1.807) is 0 Å². The van der Waals surface area contributed by atoms with Crippen LogP contribution < -0.4 is 11.1 Å². The predicted molar refractivity (Wildman–Crippen MR) is 59.5 cm³/mol. The van der Waals surface area contributed by atoms with Gasteiger partial charge in [0.1, 0.15) is 0 Å². The highest BCUT2D eigenvalue weighted by atomic mass is 16.2. The summed E-state index contributed by atoms with van der Waals surface area (Å²) in [5.74, 6) is -0.0768. The molecule has 1 atom stereocenters. The number of hydrogen-bond acceptors (Lipinski definition) is 3. The minimum atomic E-state index is -0.230. The van der Waals surface area contributed by atoms with Gasteiger partial charge in [-0.25, -0.2) is 0 Å². The van der Waals surface area contributed by atoms with Crippen LogP contribution in [0.2, 0.25) is 0 Å². The molecule has 0 aromatic rings. The van der Waals surface area contributed by atoms with Gasteiger partial charge in [-0.1, -0.05) is 0 Å². The van der Waals surface area contributed by atoms with Crippen molar-refractivity contribution in [3.8, 4) is 0 Å². The van der Waals surface area contributed by atoms with Crippen LogP contribution in [0.15, 0.2) is 0 Å². The van der Waals surface area contributed by atoms with E-state index in [1.165, 1.54) is 0 Å². The monoisotopic (exact) mass is 225 g/mol. The predicted octanol–water partition coefficient (Wildman–Crippen LogP) is -0.538. The molecule has 0 bridgehead atoms. The average Bonchev–Trinajstić information content (AvgIpc) is 2.81. The second-order valence-electron chi connectivity index (χ2n) is 4.65. The molecule has 0 aromatic carbocycles. The number of piperidine rings is 1. The highest BCUT2D eigenvalue weighted by Gasteiger charge is 2.30. The number of nitrogens with zero attached hydrogens (tertiary/aromatic N) is 1. The van der Waals surface area contributed by atoms with Gasteiger partial charge in [0.15, 0.2) is 0 Å². The Kier molecular flexibility index (Phi) is 3.43. The molecule has 2 aliphatic heterocycles. The number of amides is 2.